The summed E-state index contributed by atoms with van der Waals surface area (Å²) in [4.78, 5) is 19.1. The SMILES string of the molecule is COCCOc1cnc2ccc(C=O)cc2n1. The Labute approximate surface area is 98.4 Å². The van der Waals surface area contributed by atoms with E-state index in [2.05, 4.69) is 9.97 Å². The predicted octanol–water partition coefficient (Wildman–Crippen LogP) is 1.47. The zero-order valence-electron chi connectivity index (χ0n) is 9.42. The molecule has 0 fully saturated rings. The van der Waals surface area contributed by atoms with Crippen molar-refractivity contribution in [3.05, 3.63) is 30.0 Å². The van der Waals surface area contributed by atoms with E-state index in [0.29, 0.717) is 30.2 Å². The van der Waals surface area contributed by atoms with Crippen LogP contribution in [0.2, 0.25) is 0 Å². The molecule has 0 radical (unpaired) electrons. The molecule has 0 atom stereocenters. The number of carbonyl (C=O) groups is 1. The Morgan fingerprint density at radius 1 is 1.29 bits per heavy atom. The van der Waals surface area contributed by atoms with Crippen LogP contribution < -0.4 is 4.74 Å². The molecule has 0 aliphatic heterocycles. The van der Waals surface area contributed by atoms with Gasteiger partial charge in [0.25, 0.3) is 0 Å². The Bertz CT molecular complexity index is 528. The smallest absolute Gasteiger partial charge is 0.232 e. The Morgan fingerprint density at radius 2 is 2.18 bits per heavy atom. The normalized spacial score (nSPS) is 10.4. The van der Waals surface area contributed by atoms with Crippen molar-refractivity contribution < 1.29 is 14.3 Å². The molecule has 88 valence electrons. The summed E-state index contributed by atoms with van der Waals surface area (Å²) in [5, 5.41) is 0. The van der Waals surface area contributed by atoms with E-state index in [-0.39, 0.29) is 0 Å². The van der Waals surface area contributed by atoms with E-state index >= 15 is 0 Å². The second-order valence-corrected chi connectivity index (χ2v) is 3.42. The number of methoxy groups -OCH3 is 1. The second-order valence-electron chi connectivity index (χ2n) is 3.42. The molecule has 0 saturated heterocycles. The molecule has 1 aromatic carbocycles. The van der Waals surface area contributed by atoms with Gasteiger partial charge in [0.15, 0.2) is 0 Å². The highest BCUT2D eigenvalue weighted by Gasteiger charge is 2.01. The number of fused-ring (bicyclic) bond motifs is 1. The zero-order chi connectivity index (χ0) is 12.1. The van der Waals surface area contributed by atoms with Crippen molar-refractivity contribution >= 4 is 17.3 Å². The third kappa shape index (κ3) is 2.76. The van der Waals surface area contributed by atoms with E-state index in [0.717, 1.165) is 11.8 Å². The van der Waals surface area contributed by atoms with Crippen LogP contribution in [0.25, 0.3) is 11.0 Å². The average Bonchev–Trinajstić information content (AvgIpc) is 2.38. The van der Waals surface area contributed by atoms with Gasteiger partial charge in [0.05, 0.1) is 23.8 Å². The summed E-state index contributed by atoms with van der Waals surface area (Å²) in [6.07, 6.45) is 2.33. The highest BCUT2D eigenvalue weighted by Crippen LogP contribution is 2.14. The molecule has 17 heavy (non-hydrogen) atoms. The first-order chi connectivity index (χ1) is 8.33. The van der Waals surface area contributed by atoms with Crippen LogP contribution in [0.15, 0.2) is 24.4 Å². The summed E-state index contributed by atoms with van der Waals surface area (Å²) in [6.45, 7) is 0.915. The Morgan fingerprint density at radius 3 is 2.94 bits per heavy atom. The first-order valence-corrected chi connectivity index (χ1v) is 5.17. The maximum absolute atomic E-state index is 10.7. The number of hydrogen-bond donors (Lipinski definition) is 0. The molecule has 0 unspecified atom stereocenters. The Balaban J connectivity index is 2.25. The van der Waals surface area contributed by atoms with Crippen LogP contribution in [0.5, 0.6) is 5.88 Å². The van der Waals surface area contributed by atoms with Gasteiger partial charge in [0.1, 0.15) is 12.9 Å². The molecule has 0 N–H and O–H groups in total. The van der Waals surface area contributed by atoms with Gasteiger partial charge in [0, 0.05) is 12.7 Å². The molecule has 5 nitrogen and oxygen atoms in total. The van der Waals surface area contributed by atoms with Gasteiger partial charge in [-0.1, -0.05) is 0 Å². The zero-order valence-corrected chi connectivity index (χ0v) is 9.42. The maximum atomic E-state index is 10.7. The lowest BCUT2D eigenvalue weighted by Gasteiger charge is -2.05. The summed E-state index contributed by atoms with van der Waals surface area (Å²) >= 11 is 0. The monoisotopic (exact) mass is 232 g/mol. The summed E-state index contributed by atoms with van der Waals surface area (Å²) in [5.41, 5.74) is 1.94. The van der Waals surface area contributed by atoms with Gasteiger partial charge in [0.2, 0.25) is 5.88 Å². The van der Waals surface area contributed by atoms with E-state index in [1.54, 1.807) is 31.5 Å². The molecular weight excluding hydrogens is 220 g/mol. The van der Waals surface area contributed by atoms with E-state index in [1.807, 2.05) is 0 Å². The quantitative estimate of drug-likeness (QED) is 0.577. The lowest BCUT2D eigenvalue weighted by molar-refractivity contribution is 0.112. The molecule has 0 saturated carbocycles. The van der Waals surface area contributed by atoms with Crippen LogP contribution in [0, 0.1) is 0 Å². The first-order valence-electron chi connectivity index (χ1n) is 5.17. The molecular formula is C12H12N2O3. The molecule has 1 aromatic heterocycles. The van der Waals surface area contributed by atoms with E-state index in [4.69, 9.17) is 9.47 Å². The molecule has 0 spiro atoms. The average molecular weight is 232 g/mol. The summed E-state index contributed by atoms with van der Waals surface area (Å²) < 4.78 is 10.2. The van der Waals surface area contributed by atoms with E-state index in [9.17, 15) is 4.79 Å². The molecule has 0 aliphatic rings. The van der Waals surface area contributed by atoms with Crippen molar-refractivity contribution in [3.8, 4) is 5.88 Å². The fourth-order valence-electron chi connectivity index (χ4n) is 1.38. The first kappa shape index (κ1) is 11.5. The minimum atomic E-state index is 0.421. The molecule has 0 bridgehead atoms. The number of nitrogens with zero attached hydrogens (tertiary/aromatic N) is 2. The summed E-state index contributed by atoms with van der Waals surface area (Å²) in [7, 11) is 1.60. The molecule has 5 heteroatoms. The maximum Gasteiger partial charge on any atom is 0.232 e. The van der Waals surface area contributed by atoms with Crippen molar-refractivity contribution in [1.29, 1.82) is 0 Å². The number of benzene rings is 1. The van der Waals surface area contributed by atoms with Gasteiger partial charge in [-0.25, -0.2) is 9.97 Å². The van der Waals surface area contributed by atoms with Gasteiger partial charge in [-0.05, 0) is 18.2 Å². The number of aromatic nitrogens is 2. The highest BCUT2D eigenvalue weighted by molar-refractivity contribution is 5.84. The van der Waals surface area contributed by atoms with Crippen molar-refractivity contribution in [2.24, 2.45) is 0 Å². The van der Waals surface area contributed by atoms with Crippen LogP contribution in [-0.2, 0) is 4.74 Å². The lowest BCUT2D eigenvalue weighted by Crippen LogP contribution is -2.05. The fourth-order valence-corrected chi connectivity index (χ4v) is 1.38. The van der Waals surface area contributed by atoms with Crippen LogP contribution in [0.1, 0.15) is 10.4 Å². The highest BCUT2D eigenvalue weighted by atomic mass is 16.5. The van der Waals surface area contributed by atoms with Crippen molar-refractivity contribution in [3.63, 3.8) is 0 Å². The Kier molecular flexibility index (Phi) is 3.62. The number of hydrogen-bond acceptors (Lipinski definition) is 5. The van der Waals surface area contributed by atoms with Crippen LogP contribution in [0.3, 0.4) is 0 Å². The van der Waals surface area contributed by atoms with Crippen LogP contribution in [-0.4, -0.2) is 36.6 Å². The van der Waals surface area contributed by atoms with Gasteiger partial charge >= 0.3 is 0 Å². The summed E-state index contributed by atoms with van der Waals surface area (Å²) in [5.74, 6) is 0.428. The second kappa shape index (κ2) is 5.36. The van der Waals surface area contributed by atoms with Gasteiger partial charge in [-0.15, -0.1) is 0 Å². The standard InChI is InChI=1S/C12H12N2O3/c1-16-4-5-17-12-7-13-10-3-2-9(8-15)6-11(10)14-12/h2-3,6-8H,4-5H2,1H3. The van der Waals surface area contributed by atoms with Gasteiger partial charge in [-0.2, -0.15) is 0 Å². The number of rotatable bonds is 5. The van der Waals surface area contributed by atoms with E-state index in [1.165, 1.54) is 0 Å². The third-order valence-corrected chi connectivity index (χ3v) is 2.22. The minimum Gasteiger partial charge on any atom is -0.474 e. The number of carbonyl (C=O) groups excluding carboxylic acids is 1. The predicted molar refractivity (Wildman–Crippen MR) is 62.3 cm³/mol. The molecule has 1 heterocycles. The van der Waals surface area contributed by atoms with Gasteiger partial charge in [-0.3, -0.25) is 4.79 Å². The summed E-state index contributed by atoms with van der Waals surface area (Å²) in [6, 6.07) is 5.14. The van der Waals surface area contributed by atoms with Crippen LogP contribution >= 0.6 is 0 Å². The Hall–Kier alpha value is -2.01. The molecule has 0 amide bonds. The fraction of sp³-hybridized carbons (Fsp3) is 0.250. The largest absolute Gasteiger partial charge is 0.474 e. The minimum absolute atomic E-state index is 0.421. The number of ether oxygens (including phenoxy) is 2. The van der Waals surface area contributed by atoms with Crippen molar-refractivity contribution in [2.75, 3.05) is 20.3 Å². The van der Waals surface area contributed by atoms with E-state index < -0.39 is 0 Å². The van der Waals surface area contributed by atoms with Crippen molar-refractivity contribution in [1.82, 2.24) is 9.97 Å². The van der Waals surface area contributed by atoms with Gasteiger partial charge < -0.3 is 9.47 Å². The third-order valence-electron chi connectivity index (χ3n) is 2.22. The molecule has 2 rings (SSSR count). The van der Waals surface area contributed by atoms with Crippen molar-refractivity contribution in [2.45, 2.75) is 0 Å². The van der Waals surface area contributed by atoms with Crippen LogP contribution in [0.4, 0.5) is 0 Å². The molecule has 0 aliphatic carbocycles. The topological polar surface area (TPSA) is 61.3 Å². The lowest BCUT2D eigenvalue weighted by atomic mass is 10.2. The molecule has 2 aromatic rings. The number of aldehydes is 1.